The lowest BCUT2D eigenvalue weighted by atomic mass is 10.0. The topological polar surface area (TPSA) is 61.4 Å². The van der Waals surface area contributed by atoms with Gasteiger partial charge < -0.3 is 10.2 Å². The van der Waals surface area contributed by atoms with E-state index in [-0.39, 0.29) is 0 Å². The molecule has 0 amide bonds. The lowest BCUT2D eigenvalue weighted by Gasteiger charge is -2.33. The molecule has 0 atom stereocenters. The van der Waals surface area contributed by atoms with Crippen molar-refractivity contribution in [1.29, 1.82) is 0 Å². The lowest BCUT2D eigenvalue weighted by Crippen LogP contribution is -2.39. The summed E-state index contributed by atoms with van der Waals surface area (Å²) in [5, 5.41) is 3.41. The Balaban J connectivity index is 2.05. The van der Waals surface area contributed by atoms with Crippen molar-refractivity contribution in [1.82, 2.24) is 9.62 Å². The number of para-hydroxylation sites is 1. The van der Waals surface area contributed by atoms with Crippen LogP contribution in [0.3, 0.4) is 0 Å². The Labute approximate surface area is 127 Å². The second-order valence-corrected chi connectivity index (χ2v) is 7.32. The van der Waals surface area contributed by atoms with E-state index in [4.69, 9.17) is 0 Å². The van der Waals surface area contributed by atoms with Crippen LogP contribution in [0.2, 0.25) is 0 Å². The van der Waals surface area contributed by atoms with E-state index >= 15 is 0 Å². The molecule has 0 aromatic heterocycles. The Hall–Kier alpha value is -1.11. The van der Waals surface area contributed by atoms with Gasteiger partial charge in [-0.05, 0) is 45.0 Å². The van der Waals surface area contributed by atoms with Crippen molar-refractivity contribution >= 4 is 15.7 Å². The molecule has 0 unspecified atom stereocenters. The predicted octanol–water partition coefficient (Wildman–Crippen LogP) is 1.88. The van der Waals surface area contributed by atoms with Gasteiger partial charge in [-0.2, -0.15) is 0 Å². The average molecular weight is 311 g/mol. The number of piperidine rings is 1. The van der Waals surface area contributed by atoms with Gasteiger partial charge in [0.15, 0.2) is 0 Å². The monoisotopic (exact) mass is 311 g/mol. The third-order valence-electron chi connectivity index (χ3n) is 3.93. The predicted molar refractivity (Wildman–Crippen MR) is 86.1 cm³/mol. The van der Waals surface area contributed by atoms with Gasteiger partial charge in [0.1, 0.15) is 4.90 Å². The van der Waals surface area contributed by atoms with E-state index in [1.54, 1.807) is 12.1 Å². The minimum atomic E-state index is -3.42. The van der Waals surface area contributed by atoms with Gasteiger partial charge in [0.2, 0.25) is 10.0 Å². The third kappa shape index (κ3) is 4.18. The van der Waals surface area contributed by atoms with Gasteiger partial charge in [-0.3, -0.25) is 0 Å². The Bertz CT molecular complexity index is 552. The highest BCUT2D eigenvalue weighted by Crippen LogP contribution is 2.23. The maximum Gasteiger partial charge on any atom is 0.242 e. The molecule has 5 nitrogen and oxygen atoms in total. The molecule has 0 saturated carbocycles. The van der Waals surface area contributed by atoms with Crippen LogP contribution in [0.5, 0.6) is 0 Å². The summed E-state index contributed by atoms with van der Waals surface area (Å²) < 4.78 is 26.5. The molecule has 0 radical (unpaired) electrons. The number of nitrogens with one attached hydrogen (secondary N) is 2. The van der Waals surface area contributed by atoms with Gasteiger partial charge in [0.05, 0.1) is 5.69 Å². The summed E-state index contributed by atoms with van der Waals surface area (Å²) in [6.07, 6.45) is 3.28. The maximum atomic E-state index is 12.0. The molecular formula is C15H25N3O2S. The minimum absolute atomic E-state index is 0.323. The van der Waals surface area contributed by atoms with Crippen molar-refractivity contribution in [2.45, 2.75) is 37.1 Å². The molecular weight excluding hydrogens is 286 g/mol. The Morgan fingerprint density at radius 2 is 1.90 bits per heavy atom. The Morgan fingerprint density at radius 1 is 1.24 bits per heavy atom. The van der Waals surface area contributed by atoms with Crippen LogP contribution in [0, 0.1) is 0 Å². The SMILES string of the molecule is CCCN1CCC(Nc2ccccc2S(=O)(=O)NC)CC1. The number of nitrogens with zero attached hydrogens (tertiary/aromatic N) is 1. The van der Waals surface area contributed by atoms with Gasteiger partial charge in [-0.25, -0.2) is 13.1 Å². The van der Waals surface area contributed by atoms with E-state index < -0.39 is 10.0 Å². The van der Waals surface area contributed by atoms with Crippen LogP contribution in [0.1, 0.15) is 26.2 Å². The second kappa shape index (κ2) is 7.24. The smallest absolute Gasteiger partial charge is 0.242 e. The summed E-state index contributed by atoms with van der Waals surface area (Å²) >= 11 is 0. The van der Waals surface area contributed by atoms with Gasteiger partial charge in [0.25, 0.3) is 0 Å². The number of hydrogen-bond acceptors (Lipinski definition) is 4. The first-order valence-electron chi connectivity index (χ1n) is 7.58. The van der Waals surface area contributed by atoms with Crippen LogP contribution in [-0.2, 0) is 10.0 Å². The van der Waals surface area contributed by atoms with Crippen molar-refractivity contribution in [3.8, 4) is 0 Å². The maximum absolute atomic E-state index is 12.0. The van der Waals surface area contributed by atoms with Crippen LogP contribution < -0.4 is 10.0 Å². The van der Waals surface area contributed by atoms with E-state index in [0.29, 0.717) is 16.6 Å². The summed E-state index contributed by atoms with van der Waals surface area (Å²) in [6.45, 7) is 5.50. The molecule has 0 bridgehead atoms. The number of likely N-dealkylation sites (tertiary alicyclic amines) is 1. The number of hydrogen-bond donors (Lipinski definition) is 2. The normalized spacial score (nSPS) is 17.8. The average Bonchev–Trinajstić information content (AvgIpc) is 2.50. The standard InChI is InChI=1S/C15H25N3O2S/c1-3-10-18-11-8-13(9-12-18)17-14-6-4-5-7-15(14)21(19,20)16-2/h4-7,13,16-17H,3,8-12H2,1-2H3. The molecule has 118 valence electrons. The summed E-state index contributed by atoms with van der Waals surface area (Å²) in [7, 11) is -1.98. The van der Waals surface area contributed by atoms with E-state index in [9.17, 15) is 8.42 Å². The van der Waals surface area contributed by atoms with Crippen LogP contribution in [0.15, 0.2) is 29.2 Å². The molecule has 1 aliphatic heterocycles. The van der Waals surface area contributed by atoms with Crippen molar-refractivity contribution in [3.05, 3.63) is 24.3 Å². The fraction of sp³-hybridized carbons (Fsp3) is 0.600. The molecule has 2 rings (SSSR count). The van der Waals surface area contributed by atoms with E-state index in [1.807, 2.05) is 12.1 Å². The summed E-state index contributed by atoms with van der Waals surface area (Å²) in [5.74, 6) is 0. The van der Waals surface area contributed by atoms with Crippen molar-refractivity contribution in [2.75, 3.05) is 32.0 Å². The number of rotatable bonds is 6. The minimum Gasteiger partial charge on any atom is -0.381 e. The summed E-state index contributed by atoms with van der Waals surface area (Å²) in [5.41, 5.74) is 0.695. The molecule has 6 heteroatoms. The first kappa shape index (κ1) is 16.3. The van der Waals surface area contributed by atoms with Crippen LogP contribution in [0.4, 0.5) is 5.69 Å². The first-order valence-corrected chi connectivity index (χ1v) is 9.06. The fourth-order valence-electron chi connectivity index (χ4n) is 2.77. The molecule has 1 heterocycles. The quantitative estimate of drug-likeness (QED) is 0.842. The lowest BCUT2D eigenvalue weighted by molar-refractivity contribution is 0.219. The van der Waals surface area contributed by atoms with Crippen molar-refractivity contribution in [3.63, 3.8) is 0 Å². The largest absolute Gasteiger partial charge is 0.381 e. The third-order valence-corrected chi connectivity index (χ3v) is 5.40. The zero-order chi connectivity index (χ0) is 15.3. The van der Waals surface area contributed by atoms with Crippen LogP contribution in [0.25, 0.3) is 0 Å². The molecule has 2 N–H and O–H groups in total. The summed E-state index contributed by atoms with van der Waals surface area (Å²) in [6, 6.07) is 7.43. The number of benzene rings is 1. The van der Waals surface area contributed by atoms with Gasteiger partial charge in [-0.1, -0.05) is 19.1 Å². The van der Waals surface area contributed by atoms with Gasteiger partial charge in [0, 0.05) is 19.1 Å². The van der Waals surface area contributed by atoms with Crippen LogP contribution >= 0.6 is 0 Å². The van der Waals surface area contributed by atoms with Crippen LogP contribution in [-0.4, -0.2) is 46.0 Å². The second-order valence-electron chi connectivity index (χ2n) is 5.46. The van der Waals surface area contributed by atoms with Crippen molar-refractivity contribution < 1.29 is 8.42 Å². The molecule has 1 aromatic carbocycles. The molecule has 0 spiro atoms. The molecule has 0 aliphatic carbocycles. The molecule has 1 aliphatic rings. The molecule has 1 fully saturated rings. The molecule has 1 aromatic rings. The highest BCUT2D eigenvalue weighted by Gasteiger charge is 2.21. The van der Waals surface area contributed by atoms with Gasteiger partial charge >= 0.3 is 0 Å². The van der Waals surface area contributed by atoms with E-state index in [2.05, 4.69) is 21.9 Å². The highest BCUT2D eigenvalue weighted by molar-refractivity contribution is 7.89. The zero-order valence-electron chi connectivity index (χ0n) is 12.8. The number of sulfonamides is 1. The van der Waals surface area contributed by atoms with E-state index in [1.165, 1.54) is 13.5 Å². The van der Waals surface area contributed by atoms with Crippen molar-refractivity contribution in [2.24, 2.45) is 0 Å². The van der Waals surface area contributed by atoms with Gasteiger partial charge in [-0.15, -0.1) is 0 Å². The summed E-state index contributed by atoms with van der Waals surface area (Å²) in [4.78, 5) is 2.79. The Morgan fingerprint density at radius 3 is 2.52 bits per heavy atom. The fourth-order valence-corrected chi connectivity index (χ4v) is 3.66. The highest BCUT2D eigenvalue weighted by atomic mass is 32.2. The number of anilines is 1. The van der Waals surface area contributed by atoms with E-state index in [0.717, 1.165) is 32.5 Å². The molecule has 1 saturated heterocycles. The molecule has 21 heavy (non-hydrogen) atoms. The zero-order valence-corrected chi connectivity index (χ0v) is 13.6. The Kier molecular flexibility index (Phi) is 5.61. The first-order chi connectivity index (χ1) is 10.1.